The number of benzene rings is 1. The molecule has 2 aromatic rings. The number of carbonyl (C=O) groups is 2. The number of aldehydes is 1. The third-order valence-electron chi connectivity index (χ3n) is 2.88. The number of anilines is 1. The van der Waals surface area contributed by atoms with Crippen LogP contribution in [-0.4, -0.2) is 22.0 Å². The second kappa shape index (κ2) is 5.06. The van der Waals surface area contributed by atoms with Crippen LogP contribution in [0.4, 0.5) is 5.69 Å². The third-order valence-corrected chi connectivity index (χ3v) is 2.88. The van der Waals surface area contributed by atoms with Gasteiger partial charge in [-0.2, -0.15) is 5.10 Å². The minimum absolute atomic E-state index is 0.126. The van der Waals surface area contributed by atoms with E-state index in [-0.39, 0.29) is 5.91 Å². The Bertz CT molecular complexity index is 644. The third kappa shape index (κ3) is 2.54. The van der Waals surface area contributed by atoms with Crippen LogP contribution in [0.5, 0.6) is 0 Å². The van der Waals surface area contributed by atoms with Crippen LogP contribution in [0.1, 0.15) is 28.7 Å². The lowest BCUT2D eigenvalue weighted by molar-refractivity contribution is -0.114. The van der Waals surface area contributed by atoms with Crippen molar-refractivity contribution >= 4 is 17.9 Å². The molecule has 0 fully saturated rings. The second-order valence-electron chi connectivity index (χ2n) is 4.35. The highest BCUT2D eigenvalue weighted by atomic mass is 16.1. The summed E-state index contributed by atoms with van der Waals surface area (Å²) in [6, 6.07) is 7.32. The maximum absolute atomic E-state index is 11.1. The molecule has 0 radical (unpaired) electrons. The van der Waals surface area contributed by atoms with Crippen LogP contribution in [0.15, 0.2) is 24.3 Å². The van der Waals surface area contributed by atoms with Crippen molar-refractivity contribution in [3.63, 3.8) is 0 Å². The summed E-state index contributed by atoms with van der Waals surface area (Å²) in [4.78, 5) is 22.0. The lowest BCUT2D eigenvalue weighted by atomic mass is 10.2. The molecule has 0 atom stereocenters. The van der Waals surface area contributed by atoms with Crippen molar-refractivity contribution in [3.8, 4) is 5.69 Å². The van der Waals surface area contributed by atoms with Crippen LogP contribution >= 0.6 is 0 Å². The Hall–Kier alpha value is -2.43. The predicted molar refractivity (Wildman–Crippen MR) is 72.7 cm³/mol. The zero-order valence-electron chi connectivity index (χ0n) is 11.1. The van der Waals surface area contributed by atoms with Gasteiger partial charge in [-0.3, -0.25) is 9.59 Å². The van der Waals surface area contributed by atoms with Crippen molar-refractivity contribution < 1.29 is 9.59 Å². The molecule has 5 nitrogen and oxygen atoms in total. The summed E-state index contributed by atoms with van der Waals surface area (Å²) in [5.41, 5.74) is 3.58. The van der Waals surface area contributed by atoms with Crippen molar-refractivity contribution in [2.75, 3.05) is 5.32 Å². The highest BCUT2D eigenvalue weighted by molar-refractivity contribution is 5.89. The maximum Gasteiger partial charge on any atom is 0.221 e. The van der Waals surface area contributed by atoms with Gasteiger partial charge in [0.1, 0.15) is 0 Å². The van der Waals surface area contributed by atoms with Crippen LogP contribution in [0.25, 0.3) is 5.69 Å². The maximum atomic E-state index is 11.1. The molecule has 1 N–H and O–H groups in total. The Morgan fingerprint density at radius 3 is 2.68 bits per heavy atom. The molecule has 1 aromatic carbocycles. The van der Waals surface area contributed by atoms with Crippen LogP contribution in [0.2, 0.25) is 0 Å². The van der Waals surface area contributed by atoms with E-state index in [1.54, 1.807) is 17.7 Å². The number of hydrogen-bond donors (Lipinski definition) is 1. The van der Waals surface area contributed by atoms with Crippen molar-refractivity contribution in [1.29, 1.82) is 0 Å². The summed E-state index contributed by atoms with van der Waals surface area (Å²) in [7, 11) is 0. The molecular weight excluding hydrogens is 242 g/mol. The van der Waals surface area contributed by atoms with E-state index in [4.69, 9.17) is 0 Å². The Kier molecular flexibility index (Phi) is 3.46. The van der Waals surface area contributed by atoms with E-state index in [0.29, 0.717) is 16.9 Å². The fourth-order valence-corrected chi connectivity index (χ4v) is 2.00. The summed E-state index contributed by atoms with van der Waals surface area (Å²) in [6.07, 6.45) is 0.811. The molecule has 0 aliphatic rings. The normalized spacial score (nSPS) is 10.3. The van der Waals surface area contributed by atoms with Gasteiger partial charge in [0.25, 0.3) is 0 Å². The number of carbonyl (C=O) groups excluding carboxylic acids is 2. The number of aryl methyl sites for hydroxylation is 1. The molecule has 1 aromatic heterocycles. The zero-order chi connectivity index (χ0) is 14.0. The predicted octanol–water partition coefficient (Wildman–Crippen LogP) is 2.26. The van der Waals surface area contributed by atoms with Crippen LogP contribution < -0.4 is 5.32 Å². The Balaban J connectivity index is 2.47. The zero-order valence-corrected chi connectivity index (χ0v) is 11.1. The monoisotopic (exact) mass is 257 g/mol. The SMILES string of the molecule is CC(=O)Nc1cccc(-n2nc(C)c(C=O)c2C)c1. The van der Waals surface area contributed by atoms with E-state index in [2.05, 4.69) is 10.4 Å². The average molecular weight is 257 g/mol. The standard InChI is InChI=1S/C14H15N3O2/c1-9-14(8-18)10(2)17(16-9)13-6-4-5-12(7-13)15-11(3)19/h4-8H,1-3H3,(H,15,19). The second-order valence-corrected chi connectivity index (χ2v) is 4.35. The number of nitrogens with zero attached hydrogens (tertiary/aromatic N) is 2. The van der Waals surface area contributed by atoms with Gasteiger partial charge in [0, 0.05) is 12.6 Å². The lowest BCUT2D eigenvalue weighted by Gasteiger charge is -2.07. The quantitative estimate of drug-likeness (QED) is 0.858. The van der Waals surface area contributed by atoms with Gasteiger partial charge in [-0.05, 0) is 32.0 Å². The highest BCUT2D eigenvalue weighted by Gasteiger charge is 2.12. The smallest absolute Gasteiger partial charge is 0.221 e. The molecule has 0 aliphatic heterocycles. The van der Waals surface area contributed by atoms with Gasteiger partial charge in [0.2, 0.25) is 5.91 Å². The van der Waals surface area contributed by atoms with Gasteiger partial charge in [-0.25, -0.2) is 4.68 Å². The summed E-state index contributed by atoms with van der Waals surface area (Å²) in [5.74, 6) is -0.126. The van der Waals surface area contributed by atoms with Gasteiger partial charge < -0.3 is 5.32 Å². The van der Waals surface area contributed by atoms with Crippen molar-refractivity contribution in [2.45, 2.75) is 20.8 Å². The Labute approximate surface area is 111 Å². The first-order chi connectivity index (χ1) is 9.02. The number of aromatic nitrogens is 2. The largest absolute Gasteiger partial charge is 0.326 e. The van der Waals surface area contributed by atoms with Gasteiger partial charge in [0.15, 0.2) is 6.29 Å². The van der Waals surface area contributed by atoms with Crippen LogP contribution in [0, 0.1) is 13.8 Å². The van der Waals surface area contributed by atoms with Crippen molar-refractivity contribution in [3.05, 3.63) is 41.2 Å². The van der Waals surface area contributed by atoms with Crippen LogP contribution in [-0.2, 0) is 4.79 Å². The molecule has 0 aliphatic carbocycles. The minimum Gasteiger partial charge on any atom is -0.326 e. The molecule has 0 saturated heterocycles. The molecule has 5 heteroatoms. The first kappa shape index (κ1) is 13.0. The van der Waals surface area contributed by atoms with Crippen molar-refractivity contribution in [1.82, 2.24) is 9.78 Å². The van der Waals surface area contributed by atoms with E-state index < -0.39 is 0 Å². The Morgan fingerprint density at radius 1 is 1.37 bits per heavy atom. The molecule has 0 unspecified atom stereocenters. The number of hydrogen-bond acceptors (Lipinski definition) is 3. The number of nitrogens with one attached hydrogen (secondary N) is 1. The fraction of sp³-hybridized carbons (Fsp3) is 0.214. The Morgan fingerprint density at radius 2 is 2.11 bits per heavy atom. The van der Waals surface area contributed by atoms with E-state index >= 15 is 0 Å². The topological polar surface area (TPSA) is 64.0 Å². The molecule has 0 spiro atoms. The average Bonchev–Trinajstić information content (AvgIpc) is 2.64. The first-order valence-electron chi connectivity index (χ1n) is 5.92. The lowest BCUT2D eigenvalue weighted by Crippen LogP contribution is -2.07. The summed E-state index contributed by atoms with van der Waals surface area (Å²) in [5, 5.41) is 7.06. The highest BCUT2D eigenvalue weighted by Crippen LogP contribution is 2.19. The summed E-state index contributed by atoms with van der Waals surface area (Å²) < 4.78 is 1.70. The number of rotatable bonds is 3. The van der Waals surface area contributed by atoms with Crippen LogP contribution in [0.3, 0.4) is 0 Å². The van der Waals surface area contributed by atoms with E-state index in [0.717, 1.165) is 17.7 Å². The summed E-state index contributed by atoms with van der Waals surface area (Å²) in [6.45, 7) is 5.10. The minimum atomic E-state index is -0.126. The molecular formula is C14H15N3O2. The molecule has 0 bridgehead atoms. The van der Waals surface area contributed by atoms with E-state index in [1.807, 2.05) is 25.1 Å². The molecule has 0 saturated carbocycles. The van der Waals surface area contributed by atoms with Crippen molar-refractivity contribution in [2.24, 2.45) is 0 Å². The van der Waals surface area contributed by atoms with E-state index in [1.165, 1.54) is 6.92 Å². The van der Waals surface area contributed by atoms with Gasteiger partial charge in [-0.1, -0.05) is 6.07 Å². The molecule has 1 heterocycles. The van der Waals surface area contributed by atoms with Gasteiger partial charge in [0.05, 0.1) is 22.6 Å². The fourth-order valence-electron chi connectivity index (χ4n) is 2.00. The number of amides is 1. The molecule has 98 valence electrons. The first-order valence-corrected chi connectivity index (χ1v) is 5.92. The summed E-state index contributed by atoms with van der Waals surface area (Å²) >= 11 is 0. The molecule has 19 heavy (non-hydrogen) atoms. The van der Waals surface area contributed by atoms with Gasteiger partial charge in [-0.15, -0.1) is 0 Å². The molecule has 1 amide bonds. The van der Waals surface area contributed by atoms with E-state index in [9.17, 15) is 9.59 Å². The molecule has 2 rings (SSSR count). The van der Waals surface area contributed by atoms with Gasteiger partial charge >= 0.3 is 0 Å².